The van der Waals surface area contributed by atoms with E-state index in [9.17, 15) is 0 Å². The predicted molar refractivity (Wildman–Crippen MR) is 73.9 cm³/mol. The predicted octanol–water partition coefficient (Wildman–Crippen LogP) is 5.57. The highest BCUT2D eigenvalue weighted by molar-refractivity contribution is 6.25. The van der Waals surface area contributed by atoms with Gasteiger partial charge in [-0.15, -0.1) is 0 Å². The molecule has 0 aromatic heterocycles. The van der Waals surface area contributed by atoms with Crippen molar-refractivity contribution in [3.63, 3.8) is 0 Å². The Bertz CT molecular complexity index is 160. The van der Waals surface area contributed by atoms with Crippen LogP contribution in [-0.4, -0.2) is 6.61 Å². The zero-order valence-electron chi connectivity index (χ0n) is 11.1. The summed E-state index contributed by atoms with van der Waals surface area (Å²) in [6.45, 7) is 2.91. The topological polar surface area (TPSA) is 18.5 Å². The molecule has 0 aromatic carbocycles. The summed E-state index contributed by atoms with van der Waals surface area (Å²) in [5.41, 5.74) is 1.29. The van der Waals surface area contributed by atoms with E-state index < -0.39 is 0 Å². The van der Waals surface area contributed by atoms with Crippen LogP contribution in [0.5, 0.6) is 0 Å². The first kappa shape index (κ1) is 16.8. The smallest absolute Gasteiger partial charge is 0.140 e. The average molecular weight is 263 g/mol. The van der Waals surface area contributed by atoms with E-state index in [2.05, 4.69) is 11.8 Å². The molecule has 3 heteroatoms. The van der Waals surface area contributed by atoms with Crippen LogP contribution < -0.4 is 0 Å². The van der Waals surface area contributed by atoms with Gasteiger partial charge in [0.15, 0.2) is 0 Å². The molecule has 0 N–H and O–H groups in total. The quantitative estimate of drug-likeness (QED) is 0.187. The fourth-order valence-corrected chi connectivity index (χ4v) is 1.80. The molecule has 0 spiro atoms. The highest BCUT2D eigenvalue weighted by Gasteiger charge is 1.93. The third-order valence-electron chi connectivity index (χ3n) is 2.76. The first-order chi connectivity index (χ1) is 8.41. The van der Waals surface area contributed by atoms with Crippen molar-refractivity contribution in [3.8, 4) is 0 Å². The molecule has 0 aliphatic rings. The van der Waals surface area contributed by atoms with Gasteiger partial charge in [0.25, 0.3) is 0 Å². The monoisotopic (exact) mass is 262 g/mol. The van der Waals surface area contributed by atoms with Crippen molar-refractivity contribution in [3.05, 3.63) is 11.8 Å². The Morgan fingerprint density at radius 1 is 0.824 bits per heavy atom. The van der Waals surface area contributed by atoms with Crippen LogP contribution in [0.2, 0.25) is 0 Å². The molecule has 0 aromatic rings. The van der Waals surface area contributed by atoms with Crippen LogP contribution in [0.25, 0.3) is 0 Å². The van der Waals surface area contributed by atoms with Gasteiger partial charge in [-0.2, -0.15) is 4.89 Å². The first-order valence-electron chi connectivity index (χ1n) is 6.95. The highest BCUT2D eigenvalue weighted by atomic mass is 35.5. The highest BCUT2D eigenvalue weighted by Crippen LogP contribution is 2.10. The second-order valence-corrected chi connectivity index (χ2v) is 4.61. The standard InChI is InChI=1S/C14H27ClO2/c1-2-3-4-5-6-7-8-9-10-11-13-16-17-14-12-15/h12,14H,2-11,13H2,1H3. The first-order valence-corrected chi connectivity index (χ1v) is 7.39. The maximum absolute atomic E-state index is 5.26. The summed E-state index contributed by atoms with van der Waals surface area (Å²) in [7, 11) is 0. The summed E-state index contributed by atoms with van der Waals surface area (Å²) < 4.78 is 0. The minimum absolute atomic E-state index is 0.651. The molecule has 0 aliphatic carbocycles. The van der Waals surface area contributed by atoms with Gasteiger partial charge in [-0.05, 0) is 6.42 Å². The van der Waals surface area contributed by atoms with Crippen LogP contribution in [0.15, 0.2) is 11.8 Å². The Kier molecular flexibility index (Phi) is 15.6. The average Bonchev–Trinajstić information content (AvgIpc) is 2.35. The normalized spacial score (nSPS) is 11.2. The van der Waals surface area contributed by atoms with Crippen LogP contribution in [0.1, 0.15) is 71.1 Å². The molecule has 0 saturated carbocycles. The lowest BCUT2D eigenvalue weighted by atomic mass is 10.1. The molecule has 2 nitrogen and oxygen atoms in total. The second kappa shape index (κ2) is 15.8. The molecule has 0 saturated heterocycles. The number of halogens is 1. The Hall–Kier alpha value is -0.210. The molecular formula is C14H27ClO2. The van der Waals surface area contributed by atoms with Gasteiger partial charge in [0.2, 0.25) is 0 Å². The second-order valence-electron chi connectivity index (χ2n) is 4.36. The largest absolute Gasteiger partial charge is 0.345 e. The molecular weight excluding hydrogens is 236 g/mol. The van der Waals surface area contributed by atoms with E-state index in [-0.39, 0.29) is 0 Å². The summed E-state index contributed by atoms with van der Waals surface area (Å²) in [5, 5.41) is 0. The van der Waals surface area contributed by atoms with Crippen LogP contribution in [0.3, 0.4) is 0 Å². The van der Waals surface area contributed by atoms with E-state index in [0.29, 0.717) is 6.61 Å². The van der Waals surface area contributed by atoms with Crippen LogP contribution >= 0.6 is 11.6 Å². The van der Waals surface area contributed by atoms with Crippen molar-refractivity contribution >= 4 is 11.6 Å². The zero-order valence-corrected chi connectivity index (χ0v) is 11.9. The van der Waals surface area contributed by atoms with Gasteiger partial charge in [-0.3, -0.25) is 0 Å². The van der Waals surface area contributed by atoms with Gasteiger partial charge in [0.1, 0.15) is 6.26 Å². The minimum atomic E-state index is 0.651. The third-order valence-corrected chi connectivity index (χ3v) is 2.86. The Morgan fingerprint density at radius 3 is 1.88 bits per heavy atom. The maximum atomic E-state index is 5.26. The Labute approximate surface area is 111 Å². The maximum Gasteiger partial charge on any atom is 0.140 e. The molecule has 0 rings (SSSR count). The van der Waals surface area contributed by atoms with Gasteiger partial charge in [-0.25, -0.2) is 0 Å². The summed E-state index contributed by atoms with van der Waals surface area (Å²) in [6.07, 6.45) is 14.6. The summed E-state index contributed by atoms with van der Waals surface area (Å²) in [4.78, 5) is 9.53. The van der Waals surface area contributed by atoms with E-state index >= 15 is 0 Å². The lowest BCUT2D eigenvalue weighted by molar-refractivity contribution is -0.248. The van der Waals surface area contributed by atoms with Crippen molar-refractivity contribution in [2.45, 2.75) is 71.1 Å². The van der Waals surface area contributed by atoms with Crippen molar-refractivity contribution in [1.29, 1.82) is 0 Å². The van der Waals surface area contributed by atoms with Gasteiger partial charge in [0.05, 0.1) is 6.61 Å². The lowest BCUT2D eigenvalue weighted by Gasteiger charge is -2.02. The number of hydrogen-bond acceptors (Lipinski definition) is 2. The zero-order chi connectivity index (χ0) is 12.6. The molecule has 0 fully saturated rings. The fourth-order valence-electron chi connectivity index (χ4n) is 1.76. The van der Waals surface area contributed by atoms with Crippen molar-refractivity contribution in [2.75, 3.05) is 6.61 Å². The van der Waals surface area contributed by atoms with E-state index in [1.807, 2.05) is 0 Å². The lowest BCUT2D eigenvalue weighted by Crippen LogP contribution is -1.92. The number of unbranched alkanes of at least 4 members (excludes halogenated alkanes) is 9. The molecule has 0 bridgehead atoms. The molecule has 0 heterocycles. The van der Waals surface area contributed by atoms with Gasteiger partial charge in [0, 0.05) is 5.54 Å². The third kappa shape index (κ3) is 15.8. The minimum Gasteiger partial charge on any atom is -0.345 e. The van der Waals surface area contributed by atoms with Crippen LogP contribution in [0, 0.1) is 0 Å². The fraction of sp³-hybridized carbons (Fsp3) is 0.857. The molecule has 0 radical (unpaired) electrons. The number of hydrogen-bond donors (Lipinski definition) is 0. The van der Waals surface area contributed by atoms with Crippen molar-refractivity contribution in [1.82, 2.24) is 0 Å². The number of rotatable bonds is 13. The molecule has 0 unspecified atom stereocenters. The van der Waals surface area contributed by atoms with E-state index in [4.69, 9.17) is 16.5 Å². The summed E-state index contributed by atoms with van der Waals surface area (Å²) in [5.74, 6) is 0. The molecule has 0 atom stereocenters. The SMILES string of the molecule is CCCCCCCCCCCCOOC=CCl. The summed E-state index contributed by atoms with van der Waals surface area (Å²) >= 11 is 5.26. The van der Waals surface area contributed by atoms with Gasteiger partial charge in [-0.1, -0.05) is 76.3 Å². The Balaban J connectivity index is 2.89. The summed E-state index contributed by atoms with van der Waals surface area (Å²) in [6, 6.07) is 0. The van der Waals surface area contributed by atoms with Crippen molar-refractivity contribution < 1.29 is 9.78 Å². The van der Waals surface area contributed by atoms with Crippen molar-refractivity contribution in [2.24, 2.45) is 0 Å². The van der Waals surface area contributed by atoms with E-state index in [1.54, 1.807) is 0 Å². The molecule has 17 heavy (non-hydrogen) atoms. The van der Waals surface area contributed by atoms with Crippen LogP contribution in [-0.2, 0) is 9.78 Å². The van der Waals surface area contributed by atoms with E-state index in [1.165, 1.54) is 69.6 Å². The molecule has 0 amide bonds. The van der Waals surface area contributed by atoms with Crippen LogP contribution in [0.4, 0.5) is 0 Å². The van der Waals surface area contributed by atoms with Gasteiger partial charge < -0.3 is 4.89 Å². The van der Waals surface area contributed by atoms with E-state index in [0.717, 1.165) is 6.42 Å². The Morgan fingerprint density at radius 2 is 1.35 bits per heavy atom. The van der Waals surface area contributed by atoms with Gasteiger partial charge >= 0.3 is 0 Å². The molecule has 0 aliphatic heterocycles. The molecule has 102 valence electrons.